The topological polar surface area (TPSA) is 61.5 Å². The number of likely N-dealkylation sites (tertiary alicyclic amines) is 1. The predicted octanol–water partition coefficient (Wildman–Crippen LogP) is 3.70. The van der Waals surface area contributed by atoms with Gasteiger partial charge in [-0.2, -0.15) is 0 Å². The van der Waals surface area contributed by atoms with Gasteiger partial charge in [-0.25, -0.2) is 4.98 Å². The molecule has 0 unspecified atom stereocenters. The number of rotatable bonds is 7. The number of aromatic amines is 1. The summed E-state index contributed by atoms with van der Waals surface area (Å²) >= 11 is 0. The van der Waals surface area contributed by atoms with Crippen LogP contribution in [0.2, 0.25) is 0 Å². The van der Waals surface area contributed by atoms with Gasteiger partial charge in [0.1, 0.15) is 17.1 Å². The fraction of sp³-hybridized carbons (Fsp3) is 0.583. The van der Waals surface area contributed by atoms with Gasteiger partial charge in [0.2, 0.25) is 5.91 Å². The standard InChI is InChI=1S/C24H32N4O2/c1-3-4-10-22-25-14-19(26-22)20-13-18-16-27(15-17-8-5-6-9-21(17)30-2)23(29)24(18)11-7-12-28(20)24/h5-6,8-9,14,18,20H,3-4,7,10-13,15-16H2,1-2H3,(H,25,26)/t18-,20-,24-/m0/s1. The highest BCUT2D eigenvalue weighted by molar-refractivity contribution is 5.90. The number of imidazole rings is 1. The summed E-state index contributed by atoms with van der Waals surface area (Å²) in [6, 6.07) is 8.32. The zero-order valence-electron chi connectivity index (χ0n) is 18.1. The second-order valence-electron chi connectivity index (χ2n) is 9.06. The van der Waals surface area contributed by atoms with E-state index in [0.717, 1.165) is 62.3 Å². The zero-order chi connectivity index (χ0) is 20.7. The number of hydrogen-bond acceptors (Lipinski definition) is 4. The van der Waals surface area contributed by atoms with E-state index in [1.165, 1.54) is 12.1 Å². The van der Waals surface area contributed by atoms with Crippen LogP contribution in [0.3, 0.4) is 0 Å². The van der Waals surface area contributed by atoms with Crippen molar-refractivity contribution in [2.45, 2.75) is 63.6 Å². The van der Waals surface area contributed by atoms with Crippen molar-refractivity contribution >= 4 is 5.91 Å². The smallest absolute Gasteiger partial charge is 0.243 e. The van der Waals surface area contributed by atoms with Crippen LogP contribution < -0.4 is 4.74 Å². The molecule has 3 saturated heterocycles. The Morgan fingerprint density at radius 3 is 3.03 bits per heavy atom. The van der Waals surface area contributed by atoms with Crippen LogP contribution in [0.4, 0.5) is 0 Å². The Labute approximate surface area is 178 Å². The first kappa shape index (κ1) is 19.6. The molecule has 1 amide bonds. The van der Waals surface area contributed by atoms with Crippen molar-refractivity contribution in [1.82, 2.24) is 19.8 Å². The van der Waals surface area contributed by atoms with Crippen LogP contribution in [0.5, 0.6) is 5.75 Å². The number of hydrogen-bond donors (Lipinski definition) is 1. The molecular weight excluding hydrogens is 376 g/mol. The molecule has 160 valence electrons. The van der Waals surface area contributed by atoms with E-state index >= 15 is 0 Å². The van der Waals surface area contributed by atoms with Crippen LogP contribution >= 0.6 is 0 Å². The summed E-state index contributed by atoms with van der Waals surface area (Å²) in [6.45, 7) is 4.67. The van der Waals surface area contributed by atoms with Crippen molar-refractivity contribution in [3.8, 4) is 5.75 Å². The van der Waals surface area contributed by atoms with Crippen LogP contribution in [0, 0.1) is 5.92 Å². The third-order valence-electron chi connectivity index (χ3n) is 7.46. The van der Waals surface area contributed by atoms with Gasteiger partial charge in [-0.1, -0.05) is 31.5 Å². The average Bonchev–Trinajstić information content (AvgIpc) is 3.51. The predicted molar refractivity (Wildman–Crippen MR) is 115 cm³/mol. The minimum atomic E-state index is -0.318. The van der Waals surface area contributed by atoms with Crippen LogP contribution in [0.1, 0.15) is 62.2 Å². The average molecular weight is 409 g/mol. The van der Waals surface area contributed by atoms with Crippen molar-refractivity contribution in [2.24, 2.45) is 5.92 Å². The molecule has 3 atom stereocenters. The van der Waals surface area contributed by atoms with Crippen LogP contribution in [0.25, 0.3) is 0 Å². The lowest BCUT2D eigenvalue weighted by molar-refractivity contribution is -0.137. The Morgan fingerprint density at radius 1 is 1.33 bits per heavy atom. The van der Waals surface area contributed by atoms with Gasteiger partial charge in [0.05, 0.1) is 18.8 Å². The highest BCUT2D eigenvalue weighted by Crippen LogP contribution is 2.56. The van der Waals surface area contributed by atoms with Gasteiger partial charge in [0, 0.05) is 37.2 Å². The molecule has 1 aromatic heterocycles. The monoisotopic (exact) mass is 408 g/mol. The van der Waals surface area contributed by atoms with Gasteiger partial charge < -0.3 is 14.6 Å². The van der Waals surface area contributed by atoms with E-state index in [2.05, 4.69) is 32.8 Å². The largest absolute Gasteiger partial charge is 0.496 e. The van der Waals surface area contributed by atoms with Gasteiger partial charge in [0.15, 0.2) is 0 Å². The van der Waals surface area contributed by atoms with Crippen molar-refractivity contribution in [2.75, 3.05) is 20.2 Å². The summed E-state index contributed by atoms with van der Waals surface area (Å²) in [4.78, 5) is 26.5. The SMILES string of the molecule is CCCCc1ncc([C@@H]2C[C@H]3CN(Cc4ccccc4OC)C(=O)[C@]34CCCN24)[nH]1. The number of aryl methyl sites for hydroxylation is 1. The van der Waals surface area contributed by atoms with Crippen molar-refractivity contribution in [1.29, 1.82) is 0 Å². The third-order valence-corrected chi connectivity index (χ3v) is 7.46. The molecule has 0 radical (unpaired) electrons. The minimum absolute atomic E-state index is 0.290. The molecule has 6 nitrogen and oxygen atoms in total. The summed E-state index contributed by atoms with van der Waals surface area (Å²) in [5.74, 6) is 2.64. The molecule has 2 aromatic rings. The van der Waals surface area contributed by atoms with E-state index in [-0.39, 0.29) is 11.6 Å². The normalized spacial score (nSPS) is 28.2. The number of aromatic nitrogens is 2. The molecule has 4 heterocycles. The zero-order valence-corrected chi connectivity index (χ0v) is 18.1. The molecule has 0 saturated carbocycles. The third kappa shape index (κ3) is 2.96. The maximum atomic E-state index is 13.7. The maximum absolute atomic E-state index is 13.7. The molecule has 1 N–H and O–H groups in total. The highest BCUT2D eigenvalue weighted by atomic mass is 16.5. The van der Waals surface area contributed by atoms with E-state index in [9.17, 15) is 4.79 Å². The second-order valence-corrected chi connectivity index (χ2v) is 9.06. The molecule has 3 aliphatic heterocycles. The Kier molecular flexibility index (Phi) is 5.05. The summed E-state index contributed by atoms with van der Waals surface area (Å²) in [5.41, 5.74) is 1.96. The lowest BCUT2D eigenvalue weighted by Gasteiger charge is -2.33. The lowest BCUT2D eigenvalue weighted by atomic mass is 9.85. The minimum Gasteiger partial charge on any atom is -0.496 e. The molecule has 3 aliphatic rings. The molecule has 1 spiro atoms. The first-order chi connectivity index (χ1) is 14.7. The summed E-state index contributed by atoms with van der Waals surface area (Å²) in [5, 5.41) is 0. The van der Waals surface area contributed by atoms with Gasteiger partial charge in [-0.3, -0.25) is 9.69 Å². The van der Waals surface area contributed by atoms with E-state index in [1.807, 2.05) is 24.4 Å². The molecule has 1 aromatic carbocycles. The molecule has 0 bridgehead atoms. The van der Waals surface area contributed by atoms with E-state index in [4.69, 9.17) is 4.74 Å². The number of para-hydroxylation sites is 1. The van der Waals surface area contributed by atoms with Crippen LogP contribution in [0.15, 0.2) is 30.5 Å². The van der Waals surface area contributed by atoms with Crippen LogP contribution in [-0.4, -0.2) is 51.4 Å². The molecule has 3 fully saturated rings. The molecule has 6 heteroatoms. The Balaban J connectivity index is 1.37. The van der Waals surface area contributed by atoms with E-state index < -0.39 is 0 Å². The fourth-order valence-electron chi connectivity index (χ4n) is 6.07. The highest BCUT2D eigenvalue weighted by Gasteiger charge is 2.65. The number of nitrogens with zero attached hydrogens (tertiary/aromatic N) is 3. The number of carbonyl (C=O) groups excluding carboxylic acids is 1. The fourth-order valence-corrected chi connectivity index (χ4v) is 6.07. The summed E-state index contributed by atoms with van der Waals surface area (Å²) in [7, 11) is 1.69. The molecular formula is C24H32N4O2. The number of nitrogens with one attached hydrogen (secondary N) is 1. The Morgan fingerprint density at radius 2 is 2.20 bits per heavy atom. The second kappa shape index (κ2) is 7.73. The molecule has 0 aliphatic carbocycles. The number of H-pyrrole nitrogens is 1. The van der Waals surface area contributed by atoms with Gasteiger partial charge in [0.25, 0.3) is 0 Å². The number of benzene rings is 1. The molecule has 30 heavy (non-hydrogen) atoms. The number of carbonyl (C=O) groups is 1. The Bertz CT molecular complexity index is 925. The quantitative estimate of drug-likeness (QED) is 0.759. The van der Waals surface area contributed by atoms with Gasteiger partial charge >= 0.3 is 0 Å². The maximum Gasteiger partial charge on any atom is 0.243 e. The van der Waals surface area contributed by atoms with Crippen molar-refractivity contribution < 1.29 is 9.53 Å². The Hall–Kier alpha value is -2.34. The van der Waals surface area contributed by atoms with Gasteiger partial charge in [-0.05, 0) is 38.3 Å². The number of methoxy groups -OCH3 is 1. The van der Waals surface area contributed by atoms with Crippen molar-refractivity contribution in [3.63, 3.8) is 0 Å². The van der Waals surface area contributed by atoms with E-state index in [0.29, 0.717) is 18.4 Å². The summed E-state index contributed by atoms with van der Waals surface area (Å²) in [6.07, 6.45) is 8.45. The van der Waals surface area contributed by atoms with Gasteiger partial charge in [-0.15, -0.1) is 0 Å². The molecule has 5 rings (SSSR count). The van der Waals surface area contributed by atoms with Crippen molar-refractivity contribution in [3.05, 3.63) is 47.5 Å². The number of ether oxygens (including phenoxy) is 1. The first-order valence-electron chi connectivity index (χ1n) is 11.4. The first-order valence-corrected chi connectivity index (χ1v) is 11.4. The number of amides is 1. The lowest BCUT2D eigenvalue weighted by Crippen LogP contribution is -2.49. The summed E-state index contributed by atoms with van der Waals surface area (Å²) < 4.78 is 5.52. The number of unbranched alkanes of at least 4 members (excludes halogenated alkanes) is 1. The van der Waals surface area contributed by atoms with E-state index in [1.54, 1.807) is 7.11 Å². The van der Waals surface area contributed by atoms with Crippen LogP contribution in [-0.2, 0) is 17.8 Å².